The lowest BCUT2D eigenvalue weighted by Gasteiger charge is -2.06. The minimum absolute atomic E-state index is 0.308. The van der Waals surface area contributed by atoms with Crippen LogP contribution in [0.2, 0.25) is 0 Å². The molecular weight excluding hydrogens is 208 g/mol. The van der Waals surface area contributed by atoms with E-state index in [1.165, 1.54) is 0 Å². The molecule has 1 aromatic carbocycles. The van der Waals surface area contributed by atoms with Crippen molar-refractivity contribution in [2.75, 3.05) is 19.9 Å². The van der Waals surface area contributed by atoms with Gasteiger partial charge in [-0.3, -0.25) is 0 Å². The minimum Gasteiger partial charge on any atom is -0.463 e. The van der Waals surface area contributed by atoms with Gasteiger partial charge in [-0.05, 0) is 17.7 Å². The number of nitrogens with one attached hydrogen (secondary N) is 1. The number of rotatable bonds is 2. The number of fused-ring (bicyclic) bond motifs is 1. The summed E-state index contributed by atoms with van der Waals surface area (Å²) >= 11 is 0. The maximum atomic E-state index is 5.30. The molecule has 2 heterocycles. The highest BCUT2D eigenvalue weighted by molar-refractivity contribution is 5.74. The Morgan fingerprint density at radius 2 is 2.12 bits per heavy atom. The Balaban J connectivity index is 1.66. The normalized spacial score (nSPS) is 16.9. The van der Waals surface area contributed by atoms with Crippen molar-refractivity contribution < 1.29 is 14.2 Å². The zero-order valence-electron chi connectivity index (χ0n) is 8.73. The molecule has 0 aliphatic carbocycles. The van der Waals surface area contributed by atoms with E-state index >= 15 is 0 Å². The molecule has 0 amide bonds. The molecule has 84 valence electrons. The van der Waals surface area contributed by atoms with Crippen LogP contribution < -0.4 is 14.8 Å². The first-order valence-electron chi connectivity index (χ1n) is 5.21. The van der Waals surface area contributed by atoms with E-state index in [-0.39, 0.29) is 0 Å². The second kappa shape index (κ2) is 3.92. The third kappa shape index (κ3) is 1.76. The molecule has 0 fully saturated rings. The van der Waals surface area contributed by atoms with Gasteiger partial charge in [0.2, 0.25) is 6.79 Å². The summed E-state index contributed by atoms with van der Waals surface area (Å²) in [6.45, 7) is 2.39. The molecule has 2 aliphatic rings. The van der Waals surface area contributed by atoms with Crippen molar-refractivity contribution in [2.24, 2.45) is 4.99 Å². The third-order valence-electron chi connectivity index (χ3n) is 2.47. The van der Waals surface area contributed by atoms with Gasteiger partial charge in [-0.25, -0.2) is 4.99 Å². The number of nitrogens with zero attached hydrogens (tertiary/aromatic N) is 1. The predicted molar refractivity (Wildman–Crippen MR) is 57.7 cm³/mol. The topological polar surface area (TPSA) is 52.1 Å². The Kier molecular flexibility index (Phi) is 2.29. The summed E-state index contributed by atoms with van der Waals surface area (Å²) in [7, 11) is 0. The van der Waals surface area contributed by atoms with Gasteiger partial charge >= 0.3 is 0 Å². The molecule has 0 spiro atoms. The SMILES string of the molecule is c1cc2c(cc1CNC1=NCCO1)OCO2. The molecule has 0 aromatic heterocycles. The van der Waals surface area contributed by atoms with Gasteiger partial charge in [0.15, 0.2) is 11.5 Å². The summed E-state index contributed by atoms with van der Waals surface area (Å²) in [5.41, 5.74) is 1.11. The smallest absolute Gasteiger partial charge is 0.285 e. The lowest BCUT2D eigenvalue weighted by atomic mass is 10.2. The van der Waals surface area contributed by atoms with Gasteiger partial charge in [0.1, 0.15) is 6.61 Å². The second-order valence-electron chi connectivity index (χ2n) is 3.58. The number of hydrogen-bond donors (Lipinski definition) is 1. The van der Waals surface area contributed by atoms with Crippen molar-refractivity contribution in [2.45, 2.75) is 6.54 Å². The average Bonchev–Trinajstić information content (AvgIpc) is 2.97. The summed E-state index contributed by atoms with van der Waals surface area (Å²) in [6.07, 6.45) is 0. The number of amidine groups is 1. The molecule has 0 saturated heterocycles. The van der Waals surface area contributed by atoms with Crippen LogP contribution in [0.5, 0.6) is 11.5 Å². The van der Waals surface area contributed by atoms with Crippen molar-refractivity contribution in [3.63, 3.8) is 0 Å². The Hall–Kier alpha value is -1.91. The lowest BCUT2D eigenvalue weighted by Crippen LogP contribution is -2.22. The van der Waals surface area contributed by atoms with E-state index in [0.29, 0.717) is 26.0 Å². The van der Waals surface area contributed by atoms with Crippen molar-refractivity contribution in [3.8, 4) is 11.5 Å². The molecule has 1 aromatic rings. The van der Waals surface area contributed by atoms with Crippen LogP contribution in [0, 0.1) is 0 Å². The van der Waals surface area contributed by atoms with E-state index in [1.807, 2.05) is 18.2 Å². The van der Waals surface area contributed by atoms with Crippen LogP contribution in [0.25, 0.3) is 0 Å². The number of aliphatic imine (C=N–C) groups is 1. The molecular formula is C11H12N2O3. The van der Waals surface area contributed by atoms with E-state index in [1.54, 1.807) is 0 Å². The van der Waals surface area contributed by atoms with Crippen LogP contribution >= 0.6 is 0 Å². The highest BCUT2D eigenvalue weighted by Crippen LogP contribution is 2.32. The number of benzene rings is 1. The average molecular weight is 220 g/mol. The fraction of sp³-hybridized carbons (Fsp3) is 0.364. The van der Waals surface area contributed by atoms with Gasteiger partial charge < -0.3 is 19.5 Å². The molecule has 5 nitrogen and oxygen atoms in total. The summed E-state index contributed by atoms with van der Waals surface area (Å²) < 4.78 is 15.8. The summed E-state index contributed by atoms with van der Waals surface area (Å²) in [6, 6.07) is 6.50. The Labute approximate surface area is 93.0 Å². The molecule has 5 heteroatoms. The van der Waals surface area contributed by atoms with Gasteiger partial charge in [0.25, 0.3) is 6.02 Å². The van der Waals surface area contributed by atoms with E-state index in [9.17, 15) is 0 Å². The monoisotopic (exact) mass is 220 g/mol. The molecule has 0 saturated carbocycles. The fourth-order valence-electron chi connectivity index (χ4n) is 1.67. The van der Waals surface area contributed by atoms with E-state index in [2.05, 4.69) is 10.3 Å². The maximum Gasteiger partial charge on any atom is 0.285 e. The molecule has 3 rings (SSSR count). The zero-order valence-corrected chi connectivity index (χ0v) is 8.73. The first kappa shape index (κ1) is 9.33. The molecule has 0 unspecified atom stereocenters. The van der Waals surface area contributed by atoms with Crippen LogP contribution in [0.1, 0.15) is 5.56 Å². The first-order valence-corrected chi connectivity index (χ1v) is 5.21. The molecule has 16 heavy (non-hydrogen) atoms. The molecule has 0 atom stereocenters. The summed E-state index contributed by atoms with van der Waals surface area (Å²) in [5, 5.41) is 3.12. The summed E-state index contributed by atoms with van der Waals surface area (Å²) in [5.74, 6) is 1.60. The van der Waals surface area contributed by atoms with E-state index in [0.717, 1.165) is 23.6 Å². The van der Waals surface area contributed by atoms with Gasteiger partial charge in [-0.1, -0.05) is 6.07 Å². The fourth-order valence-corrected chi connectivity index (χ4v) is 1.67. The van der Waals surface area contributed by atoms with Gasteiger partial charge in [-0.2, -0.15) is 0 Å². The number of ether oxygens (including phenoxy) is 3. The highest BCUT2D eigenvalue weighted by atomic mass is 16.7. The second-order valence-corrected chi connectivity index (χ2v) is 3.58. The van der Waals surface area contributed by atoms with Crippen LogP contribution in [0.3, 0.4) is 0 Å². The van der Waals surface area contributed by atoms with Crippen LogP contribution in [0.15, 0.2) is 23.2 Å². The maximum absolute atomic E-state index is 5.30. The number of hydrogen-bond acceptors (Lipinski definition) is 5. The largest absolute Gasteiger partial charge is 0.463 e. The summed E-state index contributed by atoms with van der Waals surface area (Å²) in [4.78, 5) is 4.15. The Bertz CT molecular complexity index is 431. The van der Waals surface area contributed by atoms with Crippen LogP contribution in [0.4, 0.5) is 0 Å². The first-order chi connectivity index (χ1) is 7.92. The van der Waals surface area contributed by atoms with Gasteiger partial charge in [0.05, 0.1) is 6.54 Å². The molecule has 0 radical (unpaired) electrons. The van der Waals surface area contributed by atoms with Gasteiger partial charge in [-0.15, -0.1) is 0 Å². The Morgan fingerprint density at radius 1 is 1.19 bits per heavy atom. The third-order valence-corrected chi connectivity index (χ3v) is 2.47. The van der Waals surface area contributed by atoms with E-state index in [4.69, 9.17) is 14.2 Å². The quantitative estimate of drug-likeness (QED) is 0.804. The van der Waals surface area contributed by atoms with Crippen molar-refractivity contribution >= 4 is 6.02 Å². The van der Waals surface area contributed by atoms with E-state index < -0.39 is 0 Å². The lowest BCUT2D eigenvalue weighted by molar-refractivity contribution is 0.174. The van der Waals surface area contributed by atoms with Crippen LogP contribution in [-0.2, 0) is 11.3 Å². The predicted octanol–water partition coefficient (Wildman–Crippen LogP) is 0.891. The van der Waals surface area contributed by atoms with Crippen molar-refractivity contribution in [3.05, 3.63) is 23.8 Å². The molecule has 1 N–H and O–H groups in total. The highest BCUT2D eigenvalue weighted by Gasteiger charge is 2.13. The zero-order chi connectivity index (χ0) is 10.8. The molecule has 0 bridgehead atoms. The Morgan fingerprint density at radius 3 is 3.00 bits per heavy atom. The van der Waals surface area contributed by atoms with Crippen molar-refractivity contribution in [1.82, 2.24) is 5.32 Å². The van der Waals surface area contributed by atoms with Crippen LogP contribution in [-0.4, -0.2) is 26.0 Å². The van der Waals surface area contributed by atoms with Gasteiger partial charge in [0, 0.05) is 6.54 Å². The molecule has 2 aliphatic heterocycles. The minimum atomic E-state index is 0.308. The standard InChI is InChI=1S/C11H12N2O3/c1-2-9-10(16-7-15-9)5-8(1)6-13-11-12-3-4-14-11/h1-2,5H,3-4,6-7H2,(H,12,13). The van der Waals surface area contributed by atoms with Crippen molar-refractivity contribution in [1.29, 1.82) is 0 Å².